The molecule has 76 valence electrons. The van der Waals surface area contributed by atoms with Gasteiger partial charge in [0.25, 0.3) is 0 Å². The topological polar surface area (TPSA) is 24.1 Å². The summed E-state index contributed by atoms with van der Waals surface area (Å²) in [5.74, 6) is 0.812. The van der Waals surface area contributed by atoms with Gasteiger partial charge in [0.05, 0.1) is 11.5 Å². The van der Waals surface area contributed by atoms with Gasteiger partial charge in [-0.05, 0) is 41.9 Å². The summed E-state index contributed by atoms with van der Waals surface area (Å²) in [7, 11) is 0. The molecule has 14 heavy (non-hydrogen) atoms. The molecule has 1 aromatic rings. The highest BCUT2D eigenvalue weighted by molar-refractivity contribution is 9.10. The van der Waals surface area contributed by atoms with E-state index in [1.165, 1.54) is 0 Å². The highest BCUT2D eigenvalue weighted by Crippen LogP contribution is 2.21. The van der Waals surface area contributed by atoms with Crippen LogP contribution in [0.3, 0.4) is 0 Å². The molecule has 0 saturated carbocycles. The van der Waals surface area contributed by atoms with Crippen molar-refractivity contribution in [1.82, 2.24) is 5.32 Å². The molecule has 0 amide bonds. The molecular weight excluding hydrogens is 240 g/mol. The van der Waals surface area contributed by atoms with Crippen LogP contribution in [0.5, 0.6) is 0 Å². The molecule has 0 aliphatic rings. The van der Waals surface area contributed by atoms with E-state index in [-0.39, 0.29) is 0 Å². The van der Waals surface area contributed by atoms with Gasteiger partial charge in [0, 0.05) is 10.5 Å². The average molecular weight is 255 g/mol. The van der Waals surface area contributed by atoms with Crippen molar-refractivity contribution in [3.8, 4) is 0 Å². The van der Waals surface area contributed by atoms with Gasteiger partial charge in [0.15, 0.2) is 0 Å². The Morgan fingerprint density at radius 1 is 1.36 bits per heavy atom. The van der Waals surface area contributed by atoms with Crippen LogP contribution in [0.2, 0.25) is 0 Å². The lowest BCUT2D eigenvalue weighted by Gasteiger charge is -2.15. The third-order valence-electron chi connectivity index (χ3n) is 1.62. The van der Waals surface area contributed by atoms with Crippen LogP contribution < -0.4 is 10.6 Å². The Morgan fingerprint density at radius 2 is 2.00 bits per heavy atom. The molecule has 1 aromatic carbocycles. The SMILES string of the molecule is C=C(Nc1ccccc1Br)NC(C)C. The van der Waals surface area contributed by atoms with Crippen LogP contribution in [0.15, 0.2) is 41.1 Å². The number of anilines is 1. The van der Waals surface area contributed by atoms with E-state index in [2.05, 4.69) is 47.0 Å². The van der Waals surface area contributed by atoms with E-state index in [9.17, 15) is 0 Å². The quantitative estimate of drug-likeness (QED) is 0.862. The summed E-state index contributed by atoms with van der Waals surface area (Å²) in [6, 6.07) is 8.34. The van der Waals surface area contributed by atoms with Crippen LogP contribution in [0, 0.1) is 0 Å². The van der Waals surface area contributed by atoms with Gasteiger partial charge in [0.2, 0.25) is 0 Å². The summed E-state index contributed by atoms with van der Waals surface area (Å²) in [5, 5.41) is 6.38. The van der Waals surface area contributed by atoms with Gasteiger partial charge in [0.1, 0.15) is 0 Å². The van der Waals surface area contributed by atoms with Crippen LogP contribution in [-0.2, 0) is 0 Å². The van der Waals surface area contributed by atoms with Crippen LogP contribution in [0.1, 0.15) is 13.8 Å². The average Bonchev–Trinajstić information content (AvgIpc) is 2.07. The Hall–Kier alpha value is -0.960. The predicted octanol–water partition coefficient (Wildman–Crippen LogP) is 3.33. The van der Waals surface area contributed by atoms with E-state index < -0.39 is 0 Å². The normalized spacial score (nSPS) is 10.0. The Morgan fingerprint density at radius 3 is 2.57 bits per heavy atom. The molecule has 2 nitrogen and oxygen atoms in total. The second-order valence-electron chi connectivity index (χ2n) is 3.38. The molecule has 0 aromatic heterocycles. The zero-order valence-corrected chi connectivity index (χ0v) is 10.1. The first-order valence-electron chi connectivity index (χ1n) is 4.56. The fourth-order valence-electron chi connectivity index (χ4n) is 1.11. The van der Waals surface area contributed by atoms with Gasteiger partial charge in [-0.2, -0.15) is 0 Å². The molecule has 0 bridgehead atoms. The smallest absolute Gasteiger partial charge is 0.0959 e. The number of nitrogens with one attached hydrogen (secondary N) is 2. The monoisotopic (exact) mass is 254 g/mol. The highest BCUT2D eigenvalue weighted by atomic mass is 79.9. The van der Waals surface area contributed by atoms with Crippen molar-refractivity contribution in [3.05, 3.63) is 41.1 Å². The minimum atomic E-state index is 0.387. The molecule has 0 radical (unpaired) electrons. The van der Waals surface area contributed by atoms with E-state index in [1.807, 2.05) is 24.3 Å². The first-order valence-corrected chi connectivity index (χ1v) is 5.36. The van der Waals surface area contributed by atoms with Crippen molar-refractivity contribution < 1.29 is 0 Å². The Labute approximate surface area is 93.5 Å². The van der Waals surface area contributed by atoms with Gasteiger partial charge in [-0.25, -0.2) is 0 Å². The lowest BCUT2D eigenvalue weighted by Crippen LogP contribution is -2.25. The van der Waals surface area contributed by atoms with Crippen LogP contribution in [-0.4, -0.2) is 6.04 Å². The molecule has 2 N–H and O–H groups in total. The molecule has 0 fully saturated rings. The second-order valence-corrected chi connectivity index (χ2v) is 4.24. The molecule has 3 heteroatoms. The van der Waals surface area contributed by atoms with E-state index >= 15 is 0 Å². The molecule has 0 saturated heterocycles. The lowest BCUT2D eigenvalue weighted by atomic mass is 10.3. The number of hydrogen-bond donors (Lipinski definition) is 2. The minimum Gasteiger partial charge on any atom is -0.370 e. The molecule has 0 heterocycles. The van der Waals surface area contributed by atoms with Gasteiger partial charge in [-0.1, -0.05) is 18.7 Å². The standard InChI is InChI=1S/C11H15BrN2/c1-8(2)13-9(3)14-11-7-5-4-6-10(11)12/h4-8,13-14H,3H2,1-2H3. The second kappa shape index (κ2) is 5.05. The third-order valence-corrected chi connectivity index (χ3v) is 2.31. The summed E-state index contributed by atoms with van der Waals surface area (Å²) in [4.78, 5) is 0. The van der Waals surface area contributed by atoms with Gasteiger partial charge in [-0.3, -0.25) is 0 Å². The molecule has 0 aliphatic carbocycles. The first kappa shape index (κ1) is 11.1. The lowest BCUT2D eigenvalue weighted by molar-refractivity contribution is 0.674. The molecule has 0 spiro atoms. The van der Waals surface area contributed by atoms with Gasteiger partial charge < -0.3 is 10.6 Å². The summed E-state index contributed by atoms with van der Waals surface area (Å²) in [6.45, 7) is 8.04. The molecule has 0 aliphatic heterocycles. The van der Waals surface area contributed by atoms with E-state index in [4.69, 9.17) is 0 Å². The largest absolute Gasteiger partial charge is 0.370 e. The fraction of sp³-hybridized carbons (Fsp3) is 0.273. The molecular formula is C11H15BrN2. The minimum absolute atomic E-state index is 0.387. The van der Waals surface area contributed by atoms with Gasteiger partial charge in [-0.15, -0.1) is 0 Å². The number of para-hydroxylation sites is 1. The zero-order chi connectivity index (χ0) is 10.6. The van der Waals surface area contributed by atoms with Crippen LogP contribution >= 0.6 is 15.9 Å². The van der Waals surface area contributed by atoms with Crippen LogP contribution in [0.4, 0.5) is 5.69 Å². The first-order chi connectivity index (χ1) is 6.59. The Bertz CT molecular complexity index is 321. The summed E-state index contributed by atoms with van der Waals surface area (Å²) >= 11 is 3.46. The molecule has 0 atom stereocenters. The fourth-order valence-corrected chi connectivity index (χ4v) is 1.49. The number of rotatable bonds is 4. The van der Waals surface area contributed by atoms with Crippen molar-refractivity contribution in [3.63, 3.8) is 0 Å². The molecule has 1 rings (SSSR count). The van der Waals surface area contributed by atoms with E-state index in [1.54, 1.807) is 0 Å². The highest BCUT2D eigenvalue weighted by Gasteiger charge is 2.00. The zero-order valence-electron chi connectivity index (χ0n) is 8.47. The van der Waals surface area contributed by atoms with Crippen molar-refractivity contribution in [2.45, 2.75) is 19.9 Å². The maximum absolute atomic E-state index is 3.89. The maximum Gasteiger partial charge on any atom is 0.0959 e. The van der Waals surface area contributed by atoms with Gasteiger partial charge >= 0.3 is 0 Å². The maximum atomic E-state index is 3.89. The Balaban J connectivity index is 2.61. The van der Waals surface area contributed by atoms with E-state index in [0.717, 1.165) is 16.0 Å². The summed E-state index contributed by atoms with van der Waals surface area (Å²) in [6.07, 6.45) is 0. The Kier molecular flexibility index (Phi) is 4.01. The van der Waals surface area contributed by atoms with Crippen molar-refractivity contribution in [2.24, 2.45) is 0 Å². The predicted molar refractivity (Wildman–Crippen MR) is 65.2 cm³/mol. The van der Waals surface area contributed by atoms with E-state index in [0.29, 0.717) is 6.04 Å². The summed E-state index contributed by atoms with van der Waals surface area (Å²) in [5.41, 5.74) is 1.02. The number of benzene rings is 1. The van der Waals surface area contributed by atoms with Crippen molar-refractivity contribution in [2.75, 3.05) is 5.32 Å². The number of hydrogen-bond acceptors (Lipinski definition) is 2. The summed E-state index contributed by atoms with van der Waals surface area (Å²) < 4.78 is 1.03. The third kappa shape index (κ3) is 3.42. The number of halogens is 1. The molecule has 0 unspecified atom stereocenters. The van der Waals surface area contributed by atoms with Crippen molar-refractivity contribution in [1.29, 1.82) is 0 Å². The van der Waals surface area contributed by atoms with Crippen molar-refractivity contribution >= 4 is 21.6 Å². The van der Waals surface area contributed by atoms with Crippen LogP contribution in [0.25, 0.3) is 0 Å².